The number of anilines is 1. The zero-order chi connectivity index (χ0) is 26.4. The molecule has 1 aromatic heterocycles. The van der Waals surface area contributed by atoms with E-state index in [0.29, 0.717) is 35.4 Å². The molecule has 2 aromatic carbocycles. The third kappa shape index (κ3) is 6.65. The maximum absolute atomic E-state index is 13.2. The van der Waals surface area contributed by atoms with E-state index in [1.807, 2.05) is 59.5 Å². The predicted octanol–water partition coefficient (Wildman–Crippen LogP) is 4.82. The van der Waals surface area contributed by atoms with Crippen LogP contribution in [-0.4, -0.2) is 52.2 Å². The van der Waals surface area contributed by atoms with Crippen molar-refractivity contribution in [3.05, 3.63) is 83.0 Å². The molecule has 1 saturated heterocycles. The summed E-state index contributed by atoms with van der Waals surface area (Å²) in [5.41, 5.74) is 4.01. The molecule has 37 heavy (non-hydrogen) atoms. The fourth-order valence-corrected chi connectivity index (χ4v) is 4.49. The van der Waals surface area contributed by atoms with Gasteiger partial charge in [-0.2, -0.15) is 5.10 Å². The smallest absolute Gasteiger partial charge is 0.330 e. The molecule has 0 unspecified atom stereocenters. The molecule has 1 aliphatic heterocycles. The Morgan fingerprint density at radius 2 is 1.73 bits per heavy atom. The average Bonchev–Trinajstić information content (AvgIpc) is 3.29. The van der Waals surface area contributed by atoms with Crippen molar-refractivity contribution in [3.63, 3.8) is 0 Å². The van der Waals surface area contributed by atoms with E-state index in [-0.39, 0.29) is 12.5 Å². The molecule has 0 spiro atoms. The van der Waals surface area contributed by atoms with Crippen molar-refractivity contribution in [2.24, 2.45) is 7.05 Å². The summed E-state index contributed by atoms with van der Waals surface area (Å²) in [6.07, 6.45) is 3.95. The molecule has 3 aromatic rings. The van der Waals surface area contributed by atoms with E-state index in [2.05, 4.69) is 10.4 Å². The lowest BCUT2D eigenvalue weighted by molar-refractivity contribution is -0.137. The van der Waals surface area contributed by atoms with Gasteiger partial charge in [-0.15, -0.1) is 0 Å². The number of carbonyl (C=O) groups is 3. The van der Waals surface area contributed by atoms with Gasteiger partial charge in [-0.1, -0.05) is 35.9 Å². The summed E-state index contributed by atoms with van der Waals surface area (Å²) in [5, 5.41) is 7.90. The number of hydrogen-bond donors (Lipinski definition) is 1. The highest BCUT2D eigenvalue weighted by atomic mass is 35.5. The lowest BCUT2D eigenvalue weighted by atomic mass is 9.89. The van der Waals surface area contributed by atoms with Crippen LogP contribution in [0.15, 0.2) is 66.7 Å². The minimum absolute atomic E-state index is 0.0254. The number of ether oxygens (including phenoxy) is 1. The summed E-state index contributed by atoms with van der Waals surface area (Å²) < 4.78 is 6.40. The molecule has 2 heterocycles. The molecule has 4 rings (SSSR count). The molecule has 0 saturated carbocycles. The second-order valence-corrected chi connectivity index (χ2v) is 9.24. The van der Waals surface area contributed by atoms with Gasteiger partial charge in [-0.3, -0.25) is 14.3 Å². The largest absolute Gasteiger partial charge is 0.463 e. The van der Waals surface area contributed by atoms with Crippen LogP contribution < -0.4 is 5.32 Å². The maximum Gasteiger partial charge on any atom is 0.330 e. The number of halogens is 1. The minimum atomic E-state index is -0.553. The first-order valence-corrected chi connectivity index (χ1v) is 12.6. The van der Waals surface area contributed by atoms with Gasteiger partial charge in [0.2, 0.25) is 5.91 Å². The number of aryl methyl sites for hydroxylation is 1. The van der Waals surface area contributed by atoms with Crippen LogP contribution >= 0.6 is 11.6 Å². The minimum Gasteiger partial charge on any atom is -0.463 e. The molecule has 8 nitrogen and oxygen atoms in total. The molecular weight excluding hydrogens is 492 g/mol. The van der Waals surface area contributed by atoms with Crippen LogP contribution in [0, 0.1) is 0 Å². The van der Waals surface area contributed by atoms with Gasteiger partial charge in [0.15, 0.2) is 0 Å². The second kappa shape index (κ2) is 11.9. The molecule has 9 heteroatoms. The number of benzene rings is 2. The molecule has 0 radical (unpaired) electrons. The Balaban J connectivity index is 1.32. The van der Waals surface area contributed by atoms with Crippen molar-refractivity contribution in [1.29, 1.82) is 0 Å². The highest BCUT2D eigenvalue weighted by Crippen LogP contribution is 2.30. The summed E-state index contributed by atoms with van der Waals surface area (Å²) in [6, 6.07) is 16.9. The predicted molar refractivity (Wildman–Crippen MR) is 142 cm³/mol. The summed E-state index contributed by atoms with van der Waals surface area (Å²) >= 11 is 5.98. The van der Waals surface area contributed by atoms with Gasteiger partial charge >= 0.3 is 5.97 Å². The van der Waals surface area contributed by atoms with Crippen LogP contribution in [-0.2, 0) is 21.4 Å². The maximum atomic E-state index is 13.2. The van der Waals surface area contributed by atoms with E-state index >= 15 is 0 Å². The molecule has 1 fully saturated rings. The molecule has 2 amide bonds. The molecule has 1 N–H and O–H groups in total. The number of rotatable bonds is 7. The summed E-state index contributed by atoms with van der Waals surface area (Å²) in [7, 11) is 1.78. The van der Waals surface area contributed by atoms with Crippen molar-refractivity contribution in [2.45, 2.75) is 25.7 Å². The Bertz CT molecular complexity index is 1290. The van der Waals surface area contributed by atoms with E-state index in [4.69, 9.17) is 16.3 Å². The Labute approximate surface area is 220 Å². The van der Waals surface area contributed by atoms with E-state index in [0.717, 1.165) is 41.8 Å². The zero-order valence-electron chi connectivity index (χ0n) is 20.8. The van der Waals surface area contributed by atoms with Crippen molar-refractivity contribution < 1.29 is 19.1 Å². The highest BCUT2D eigenvalue weighted by molar-refractivity contribution is 6.30. The average molecular weight is 521 g/mol. The number of piperidine rings is 1. The number of hydrogen-bond acceptors (Lipinski definition) is 5. The van der Waals surface area contributed by atoms with Gasteiger partial charge in [-0.05, 0) is 61.6 Å². The van der Waals surface area contributed by atoms with Gasteiger partial charge in [0, 0.05) is 48.6 Å². The normalized spacial score (nSPS) is 14.1. The number of nitrogens with zero attached hydrogens (tertiary/aromatic N) is 3. The van der Waals surface area contributed by atoms with Crippen molar-refractivity contribution >= 4 is 35.1 Å². The first kappa shape index (κ1) is 26.2. The van der Waals surface area contributed by atoms with E-state index < -0.39 is 11.9 Å². The van der Waals surface area contributed by atoms with Gasteiger partial charge in [0.1, 0.15) is 5.69 Å². The Morgan fingerprint density at radius 3 is 2.38 bits per heavy atom. The molecule has 0 aliphatic carbocycles. The van der Waals surface area contributed by atoms with E-state index in [1.54, 1.807) is 18.7 Å². The third-order valence-electron chi connectivity index (χ3n) is 6.33. The van der Waals surface area contributed by atoms with Gasteiger partial charge < -0.3 is 15.0 Å². The number of likely N-dealkylation sites (tertiary alicyclic amines) is 1. The van der Waals surface area contributed by atoms with Gasteiger partial charge in [0.05, 0.1) is 12.3 Å². The van der Waals surface area contributed by atoms with Crippen LogP contribution in [0.2, 0.25) is 5.02 Å². The van der Waals surface area contributed by atoms with Crippen LogP contribution in [0.1, 0.15) is 41.7 Å². The standard InChI is InChI=1S/C28H29ClN4O4/c1-3-37-27(35)13-12-26(34)30-23-10-6-19(7-11-23)20-14-16-33(17-15-20)28(36)25-18-24(31-32(25)2)21-4-8-22(29)9-5-21/h4-13,18,20H,3,14-17H2,1-2H3,(H,30,34)/b13-12+. The third-order valence-corrected chi connectivity index (χ3v) is 6.58. The topological polar surface area (TPSA) is 93.5 Å². The molecule has 1 aliphatic rings. The van der Waals surface area contributed by atoms with Crippen molar-refractivity contribution in [1.82, 2.24) is 14.7 Å². The lowest BCUT2D eigenvalue weighted by Crippen LogP contribution is -2.38. The van der Waals surface area contributed by atoms with Crippen molar-refractivity contribution in [2.75, 3.05) is 25.0 Å². The summed E-state index contributed by atoms with van der Waals surface area (Å²) in [4.78, 5) is 38.4. The SMILES string of the molecule is CCOC(=O)/C=C/C(=O)Nc1ccc(C2CCN(C(=O)c3cc(-c4ccc(Cl)cc4)nn3C)CC2)cc1. The van der Waals surface area contributed by atoms with Crippen LogP contribution in [0.25, 0.3) is 11.3 Å². The monoisotopic (exact) mass is 520 g/mol. The van der Waals surface area contributed by atoms with E-state index in [1.165, 1.54) is 0 Å². The summed E-state index contributed by atoms with van der Waals surface area (Å²) in [5.74, 6) is -0.651. The zero-order valence-corrected chi connectivity index (χ0v) is 21.6. The molecule has 0 bridgehead atoms. The molecule has 192 valence electrons. The first-order valence-electron chi connectivity index (χ1n) is 12.2. The fourth-order valence-electron chi connectivity index (χ4n) is 4.36. The number of nitrogens with one attached hydrogen (secondary N) is 1. The number of carbonyl (C=O) groups excluding carboxylic acids is 3. The van der Waals surface area contributed by atoms with Crippen LogP contribution in [0.5, 0.6) is 0 Å². The second-order valence-electron chi connectivity index (χ2n) is 8.81. The number of aromatic nitrogens is 2. The highest BCUT2D eigenvalue weighted by Gasteiger charge is 2.26. The van der Waals surface area contributed by atoms with Gasteiger partial charge in [0.25, 0.3) is 5.91 Å². The van der Waals surface area contributed by atoms with Gasteiger partial charge in [-0.25, -0.2) is 4.79 Å². The Hall–Kier alpha value is -3.91. The van der Waals surface area contributed by atoms with Crippen LogP contribution in [0.4, 0.5) is 5.69 Å². The van der Waals surface area contributed by atoms with E-state index in [9.17, 15) is 14.4 Å². The Kier molecular flexibility index (Phi) is 8.40. The number of esters is 1. The number of amides is 2. The summed E-state index contributed by atoms with van der Waals surface area (Å²) in [6.45, 7) is 3.27. The first-order chi connectivity index (χ1) is 17.8. The fraction of sp³-hybridized carbons (Fsp3) is 0.286. The Morgan fingerprint density at radius 1 is 1.05 bits per heavy atom. The lowest BCUT2D eigenvalue weighted by Gasteiger charge is -2.32. The van der Waals surface area contributed by atoms with Crippen molar-refractivity contribution in [3.8, 4) is 11.3 Å². The molecule has 0 atom stereocenters. The van der Waals surface area contributed by atoms with Crippen LogP contribution in [0.3, 0.4) is 0 Å². The quantitative estimate of drug-likeness (QED) is 0.356. The molecular formula is C28H29ClN4O4.